The number of amides is 1. The van der Waals surface area contributed by atoms with E-state index < -0.39 is 17.7 Å². The smallest absolute Gasteiger partial charge is 0.428 e. The van der Waals surface area contributed by atoms with Crippen molar-refractivity contribution in [2.24, 2.45) is 0 Å². The van der Waals surface area contributed by atoms with Crippen molar-refractivity contribution in [3.8, 4) is 0 Å². The third kappa shape index (κ3) is 5.11. The van der Waals surface area contributed by atoms with Crippen LogP contribution in [-0.4, -0.2) is 41.8 Å². The lowest BCUT2D eigenvalue weighted by Gasteiger charge is -2.25. The quantitative estimate of drug-likeness (QED) is 0.525. The van der Waals surface area contributed by atoms with Crippen LogP contribution in [0.5, 0.6) is 0 Å². The lowest BCUT2D eigenvalue weighted by molar-refractivity contribution is 0.0336. The number of carbonyl (C=O) groups is 2. The number of rotatable bonds is 3. The van der Waals surface area contributed by atoms with Gasteiger partial charge in [-0.15, -0.1) is 0 Å². The minimum atomic E-state index is -0.639. The fourth-order valence-electron chi connectivity index (χ4n) is 1.33. The van der Waals surface area contributed by atoms with E-state index in [0.717, 1.165) is 5.01 Å². The molecule has 0 atom stereocenters. The predicted octanol–water partition coefficient (Wildman–Crippen LogP) is 2.72. The fraction of sp³-hybridized carbons (Fsp3) is 0.462. The van der Waals surface area contributed by atoms with E-state index in [1.807, 2.05) is 0 Å². The molecular weight excluding hydrogens is 298 g/mol. The molecule has 0 saturated heterocycles. The van der Waals surface area contributed by atoms with Crippen LogP contribution in [0.3, 0.4) is 0 Å². The molecule has 0 aliphatic carbocycles. The Hall–Kier alpha value is -2.02. The van der Waals surface area contributed by atoms with Crippen molar-refractivity contribution < 1.29 is 19.1 Å². The molecule has 1 aromatic rings. The van der Waals surface area contributed by atoms with E-state index in [1.165, 1.54) is 26.3 Å². The van der Waals surface area contributed by atoms with E-state index in [9.17, 15) is 9.59 Å². The molecule has 0 bridgehead atoms. The van der Waals surface area contributed by atoms with Crippen molar-refractivity contribution in [2.45, 2.75) is 26.4 Å². The minimum Gasteiger partial charge on any atom is -0.465 e. The zero-order chi connectivity index (χ0) is 16.2. The molecule has 7 nitrogen and oxygen atoms in total. The number of nitrogens with zero attached hydrogens (tertiary/aromatic N) is 2. The van der Waals surface area contributed by atoms with Crippen LogP contribution in [0.2, 0.25) is 5.15 Å². The molecule has 1 heterocycles. The zero-order valence-corrected chi connectivity index (χ0v) is 13.3. The maximum atomic E-state index is 11.9. The second-order valence-corrected chi connectivity index (χ2v) is 5.56. The summed E-state index contributed by atoms with van der Waals surface area (Å²) < 4.78 is 9.82. The summed E-state index contributed by atoms with van der Waals surface area (Å²) in [4.78, 5) is 27.5. The van der Waals surface area contributed by atoms with E-state index in [1.54, 1.807) is 20.8 Å². The molecule has 1 N–H and O–H groups in total. The predicted molar refractivity (Wildman–Crippen MR) is 78.2 cm³/mol. The molecule has 0 radical (unpaired) electrons. The zero-order valence-electron chi connectivity index (χ0n) is 12.6. The number of esters is 1. The highest BCUT2D eigenvalue weighted by Crippen LogP contribution is 2.18. The van der Waals surface area contributed by atoms with Crippen LogP contribution in [0.1, 0.15) is 31.1 Å². The normalized spacial score (nSPS) is 10.8. The number of pyridine rings is 1. The van der Waals surface area contributed by atoms with Gasteiger partial charge in [0.1, 0.15) is 16.3 Å². The highest BCUT2D eigenvalue weighted by Gasteiger charge is 2.22. The van der Waals surface area contributed by atoms with Gasteiger partial charge in [0.05, 0.1) is 7.11 Å². The van der Waals surface area contributed by atoms with E-state index in [0.29, 0.717) is 0 Å². The van der Waals surface area contributed by atoms with Gasteiger partial charge in [-0.05, 0) is 32.9 Å². The van der Waals surface area contributed by atoms with Gasteiger partial charge in [0.15, 0.2) is 5.82 Å². The first-order chi connectivity index (χ1) is 9.64. The van der Waals surface area contributed by atoms with Crippen LogP contribution in [-0.2, 0) is 9.47 Å². The van der Waals surface area contributed by atoms with Gasteiger partial charge in [-0.25, -0.2) is 19.6 Å². The van der Waals surface area contributed by atoms with Crippen LogP contribution in [0, 0.1) is 0 Å². The molecule has 0 aliphatic rings. The topological polar surface area (TPSA) is 80.8 Å². The fourth-order valence-corrected chi connectivity index (χ4v) is 1.48. The number of aromatic nitrogens is 1. The molecule has 0 fully saturated rings. The first-order valence-electron chi connectivity index (χ1n) is 6.12. The number of hydrazine groups is 1. The Morgan fingerprint density at radius 2 is 1.95 bits per heavy atom. The highest BCUT2D eigenvalue weighted by atomic mass is 35.5. The third-order valence-electron chi connectivity index (χ3n) is 2.21. The summed E-state index contributed by atoms with van der Waals surface area (Å²) in [7, 11) is 2.69. The lowest BCUT2D eigenvalue weighted by Crippen LogP contribution is -2.38. The third-order valence-corrected chi connectivity index (χ3v) is 2.42. The Morgan fingerprint density at radius 1 is 1.33 bits per heavy atom. The van der Waals surface area contributed by atoms with Crippen molar-refractivity contribution in [3.05, 3.63) is 22.8 Å². The standard InChI is InChI=1S/C13H18ClN3O4/c1-13(2,3)21-12(19)17(4)16-10-8(11(18)20-5)6-7-9(14)15-10/h6-7H,1-5H3,(H,15,16). The second kappa shape index (κ2) is 6.62. The summed E-state index contributed by atoms with van der Waals surface area (Å²) in [5, 5.41) is 1.24. The lowest BCUT2D eigenvalue weighted by atomic mass is 10.2. The number of nitrogens with one attached hydrogen (secondary N) is 1. The van der Waals surface area contributed by atoms with Gasteiger partial charge in [-0.3, -0.25) is 5.43 Å². The highest BCUT2D eigenvalue weighted by molar-refractivity contribution is 6.29. The van der Waals surface area contributed by atoms with E-state index >= 15 is 0 Å². The Kier molecular flexibility index (Phi) is 5.37. The summed E-state index contributed by atoms with van der Waals surface area (Å²) in [6, 6.07) is 2.90. The van der Waals surface area contributed by atoms with Crippen LogP contribution >= 0.6 is 11.6 Å². The largest absolute Gasteiger partial charge is 0.465 e. The van der Waals surface area contributed by atoms with Crippen LogP contribution in [0.15, 0.2) is 12.1 Å². The van der Waals surface area contributed by atoms with Gasteiger partial charge >= 0.3 is 12.1 Å². The van der Waals surface area contributed by atoms with E-state index in [-0.39, 0.29) is 16.5 Å². The number of halogens is 1. The maximum Gasteiger partial charge on any atom is 0.428 e. The Balaban J connectivity index is 2.94. The molecule has 1 aromatic heterocycles. The summed E-state index contributed by atoms with van der Waals surface area (Å²) in [6.45, 7) is 5.24. The number of carbonyl (C=O) groups excluding carboxylic acids is 2. The molecule has 0 aromatic carbocycles. The van der Waals surface area contributed by atoms with Gasteiger partial charge in [-0.2, -0.15) is 0 Å². The summed E-state index contributed by atoms with van der Waals surface area (Å²) in [5.41, 5.74) is 2.16. The molecule has 8 heteroatoms. The molecule has 1 rings (SSSR count). The van der Waals surface area contributed by atoms with Crippen LogP contribution in [0.4, 0.5) is 10.6 Å². The molecule has 116 valence electrons. The summed E-state index contributed by atoms with van der Waals surface area (Å²) >= 11 is 5.80. The van der Waals surface area contributed by atoms with Crippen LogP contribution in [0.25, 0.3) is 0 Å². The Morgan fingerprint density at radius 3 is 2.48 bits per heavy atom. The number of hydrogen-bond acceptors (Lipinski definition) is 6. The molecule has 0 unspecified atom stereocenters. The first-order valence-corrected chi connectivity index (χ1v) is 6.50. The van der Waals surface area contributed by atoms with Gasteiger partial charge < -0.3 is 9.47 Å². The second-order valence-electron chi connectivity index (χ2n) is 5.17. The molecule has 1 amide bonds. The molecule has 0 spiro atoms. The number of methoxy groups -OCH3 is 1. The molecule has 0 aliphatic heterocycles. The Bertz CT molecular complexity index is 543. The minimum absolute atomic E-state index is 0.0997. The average molecular weight is 316 g/mol. The first kappa shape index (κ1) is 17.0. The monoisotopic (exact) mass is 315 g/mol. The Labute approximate surface area is 128 Å². The summed E-state index contributed by atoms with van der Waals surface area (Å²) in [5.74, 6) is -0.498. The SMILES string of the molecule is COC(=O)c1ccc(Cl)nc1NN(C)C(=O)OC(C)(C)C. The molecule has 0 saturated carbocycles. The number of ether oxygens (including phenoxy) is 2. The van der Waals surface area contributed by atoms with E-state index in [4.69, 9.17) is 16.3 Å². The van der Waals surface area contributed by atoms with Crippen molar-refractivity contribution in [3.63, 3.8) is 0 Å². The number of hydrogen-bond donors (Lipinski definition) is 1. The molecule has 21 heavy (non-hydrogen) atoms. The van der Waals surface area contributed by atoms with Crippen molar-refractivity contribution >= 4 is 29.5 Å². The average Bonchev–Trinajstić information content (AvgIpc) is 2.36. The van der Waals surface area contributed by atoms with Gasteiger partial charge in [-0.1, -0.05) is 11.6 Å². The van der Waals surface area contributed by atoms with Crippen molar-refractivity contribution in [1.82, 2.24) is 9.99 Å². The van der Waals surface area contributed by atoms with Crippen molar-refractivity contribution in [1.29, 1.82) is 0 Å². The van der Waals surface area contributed by atoms with Gasteiger partial charge in [0, 0.05) is 7.05 Å². The molecular formula is C13H18ClN3O4. The van der Waals surface area contributed by atoms with Crippen LogP contribution < -0.4 is 5.43 Å². The van der Waals surface area contributed by atoms with E-state index in [2.05, 4.69) is 15.1 Å². The van der Waals surface area contributed by atoms with Crippen molar-refractivity contribution in [2.75, 3.05) is 19.6 Å². The number of anilines is 1. The maximum absolute atomic E-state index is 11.9. The van der Waals surface area contributed by atoms with Gasteiger partial charge in [0.2, 0.25) is 0 Å². The van der Waals surface area contributed by atoms with Gasteiger partial charge in [0.25, 0.3) is 0 Å². The summed E-state index contributed by atoms with van der Waals surface area (Å²) in [6.07, 6.45) is -0.625.